The van der Waals surface area contributed by atoms with Gasteiger partial charge in [-0.2, -0.15) is 0 Å². The Hall–Kier alpha value is -4.02. The van der Waals surface area contributed by atoms with Crippen LogP contribution in [0, 0.1) is 0 Å². The van der Waals surface area contributed by atoms with Gasteiger partial charge in [0, 0.05) is 29.0 Å². The molecule has 37 heavy (non-hydrogen) atoms. The Labute approximate surface area is 220 Å². The van der Waals surface area contributed by atoms with Gasteiger partial charge < -0.3 is 5.32 Å². The van der Waals surface area contributed by atoms with Gasteiger partial charge in [-0.1, -0.05) is 48.1 Å². The van der Waals surface area contributed by atoms with Crippen LogP contribution in [-0.2, 0) is 12.8 Å². The molecule has 5 aromatic rings. The Kier molecular flexibility index (Phi) is 6.42. The maximum Gasteiger partial charge on any atom is 0.269 e. The molecule has 0 fully saturated rings. The van der Waals surface area contributed by atoms with E-state index in [0.717, 1.165) is 47.2 Å². The first-order valence-corrected chi connectivity index (χ1v) is 13.7. The maximum absolute atomic E-state index is 13.5. The van der Waals surface area contributed by atoms with Gasteiger partial charge in [0.05, 0.1) is 11.3 Å². The van der Waals surface area contributed by atoms with E-state index in [1.807, 2.05) is 30.3 Å². The van der Waals surface area contributed by atoms with Crippen molar-refractivity contribution in [3.05, 3.63) is 82.6 Å². The Balaban J connectivity index is 1.37. The number of hydrogen-bond donors (Lipinski definition) is 2. The van der Waals surface area contributed by atoms with Gasteiger partial charge in [-0.05, 0) is 49.4 Å². The summed E-state index contributed by atoms with van der Waals surface area (Å²) >= 11 is 2.57. The SMILES string of the molecule is O=C(Nc1c(C(=O)Nc2nnc(-c3ccccc3)s2)sc2nc3c(cc12)CCCCC3)c1cccnc1. The van der Waals surface area contributed by atoms with Crippen molar-refractivity contribution in [2.24, 2.45) is 0 Å². The largest absolute Gasteiger partial charge is 0.320 e. The highest BCUT2D eigenvalue weighted by atomic mass is 32.1. The number of carbonyl (C=O) groups is 2. The van der Waals surface area contributed by atoms with Gasteiger partial charge in [-0.25, -0.2) is 4.98 Å². The standard InChI is InChI=1S/C27H22N6O2S2/c34-23(18-11-7-13-28-15-18)30-21-19-14-17-10-5-2-6-12-20(17)29-26(19)36-22(21)24(35)31-27-33-32-25(37-27)16-8-3-1-4-9-16/h1,3-4,7-9,11,13-15H,2,5-6,10,12H2,(H,30,34)(H,31,33,35). The minimum absolute atomic E-state index is 0.334. The Morgan fingerprint density at radius 2 is 1.73 bits per heavy atom. The second kappa shape index (κ2) is 10.2. The first kappa shape index (κ1) is 23.4. The first-order chi connectivity index (χ1) is 18.2. The minimum Gasteiger partial charge on any atom is -0.320 e. The predicted octanol–water partition coefficient (Wildman–Crippen LogP) is 5.98. The lowest BCUT2D eigenvalue weighted by atomic mass is 10.1. The predicted molar refractivity (Wildman–Crippen MR) is 146 cm³/mol. The van der Waals surface area contributed by atoms with Crippen molar-refractivity contribution in [3.63, 3.8) is 0 Å². The zero-order valence-corrected chi connectivity index (χ0v) is 21.4. The number of aryl methyl sites for hydroxylation is 2. The van der Waals surface area contributed by atoms with E-state index in [-0.39, 0.29) is 11.8 Å². The number of fused-ring (bicyclic) bond motifs is 2. The number of thiophene rings is 1. The molecule has 10 heteroatoms. The molecular weight excluding hydrogens is 504 g/mol. The van der Waals surface area contributed by atoms with Crippen LogP contribution in [-0.4, -0.2) is 32.0 Å². The van der Waals surface area contributed by atoms with Crippen molar-refractivity contribution in [2.75, 3.05) is 10.6 Å². The van der Waals surface area contributed by atoms with Crippen LogP contribution in [0.5, 0.6) is 0 Å². The molecule has 1 aliphatic carbocycles. The Morgan fingerprint density at radius 3 is 2.57 bits per heavy atom. The normalized spacial score (nSPS) is 13.1. The van der Waals surface area contributed by atoms with Crippen molar-refractivity contribution >= 4 is 55.5 Å². The lowest BCUT2D eigenvalue weighted by Gasteiger charge is -2.09. The van der Waals surface area contributed by atoms with Crippen LogP contribution in [0.25, 0.3) is 20.8 Å². The summed E-state index contributed by atoms with van der Waals surface area (Å²) in [6, 6.07) is 15.2. The van der Waals surface area contributed by atoms with Crippen molar-refractivity contribution in [3.8, 4) is 10.6 Å². The number of nitrogens with one attached hydrogen (secondary N) is 2. The van der Waals surface area contributed by atoms with Crippen LogP contribution in [0.2, 0.25) is 0 Å². The molecule has 1 aliphatic rings. The van der Waals surface area contributed by atoms with E-state index in [1.54, 1.807) is 18.3 Å². The van der Waals surface area contributed by atoms with Gasteiger partial charge in [0.25, 0.3) is 11.8 Å². The van der Waals surface area contributed by atoms with E-state index in [1.165, 1.54) is 40.9 Å². The first-order valence-electron chi connectivity index (χ1n) is 12.0. The van der Waals surface area contributed by atoms with Crippen LogP contribution in [0.1, 0.15) is 50.5 Å². The van der Waals surface area contributed by atoms with E-state index >= 15 is 0 Å². The van der Waals surface area contributed by atoms with Gasteiger partial charge in [0.1, 0.15) is 14.7 Å². The molecule has 4 heterocycles. The lowest BCUT2D eigenvalue weighted by Crippen LogP contribution is -2.17. The summed E-state index contributed by atoms with van der Waals surface area (Å²) in [6.45, 7) is 0. The van der Waals surface area contributed by atoms with E-state index in [0.29, 0.717) is 26.3 Å². The van der Waals surface area contributed by atoms with E-state index < -0.39 is 0 Å². The van der Waals surface area contributed by atoms with Gasteiger partial charge in [0.2, 0.25) is 5.13 Å². The molecule has 6 rings (SSSR count). The van der Waals surface area contributed by atoms with Crippen LogP contribution in [0.3, 0.4) is 0 Å². The third-order valence-electron chi connectivity index (χ3n) is 6.25. The maximum atomic E-state index is 13.5. The molecule has 0 atom stereocenters. The van der Waals surface area contributed by atoms with Crippen LogP contribution >= 0.6 is 22.7 Å². The van der Waals surface area contributed by atoms with Gasteiger partial charge in [0.15, 0.2) is 0 Å². The van der Waals surface area contributed by atoms with Gasteiger partial charge in [-0.3, -0.25) is 19.9 Å². The molecule has 0 spiro atoms. The number of hydrogen-bond acceptors (Lipinski definition) is 8. The number of nitrogens with zero attached hydrogens (tertiary/aromatic N) is 4. The molecule has 184 valence electrons. The molecule has 0 saturated heterocycles. The molecule has 1 aromatic carbocycles. The number of aromatic nitrogens is 4. The molecule has 0 aliphatic heterocycles. The van der Waals surface area contributed by atoms with E-state index in [4.69, 9.17) is 4.98 Å². The number of amides is 2. The zero-order valence-electron chi connectivity index (χ0n) is 19.7. The molecule has 2 amide bonds. The number of anilines is 2. The topological polar surface area (TPSA) is 110 Å². The average Bonchev–Trinajstić information content (AvgIpc) is 3.46. The fraction of sp³-hybridized carbons (Fsp3) is 0.185. The molecule has 0 unspecified atom stereocenters. The Morgan fingerprint density at radius 1 is 0.865 bits per heavy atom. The van der Waals surface area contributed by atoms with Crippen molar-refractivity contribution in [1.82, 2.24) is 20.2 Å². The molecule has 8 nitrogen and oxygen atoms in total. The Bertz CT molecular complexity index is 1600. The smallest absolute Gasteiger partial charge is 0.269 e. The summed E-state index contributed by atoms with van der Waals surface area (Å²) in [4.78, 5) is 36.6. The van der Waals surface area contributed by atoms with Crippen molar-refractivity contribution in [1.29, 1.82) is 0 Å². The number of benzene rings is 1. The number of pyridine rings is 2. The molecule has 0 bridgehead atoms. The van der Waals surface area contributed by atoms with Crippen LogP contribution in [0.4, 0.5) is 10.8 Å². The molecular formula is C27H22N6O2S2. The molecule has 2 N–H and O–H groups in total. The lowest BCUT2D eigenvalue weighted by molar-refractivity contribution is 0.102. The second-order valence-electron chi connectivity index (χ2n) is 8.74. The summed E-state index contributed by atoms with van der Waals surface area (Å²) in [5.74, 6) is -0.700. The van der Waals surface area contributed by atoms with Crippen molar-refractivity contribution < 1.29 is 9.59 Å². The monoisotopic (exact) mass is 526 g/mol. The third kappa shape index (κ3) is 4.85. The summed E-state index contributed by atoms with van der Waals surface area (Å²) in [7, 11) is 0. The summed E-state index contributed by atoms with van der Waals surface area (Å²) < 4.78 is 0. The second-order valence-corrected chi connectivity index (χ2v) is 10.7. The summed E-state index contributed by atoms with van der Waals surface area (Å²) in [5.41, 5.74) is 4.06. The quantitative estimate of drug-likeness (QED) is 0.273. The van der Waals surface area contributed by atoms with Crippen molar-refractivity contribution in [2.45, 2.75) is 32.1 Å². The van der Waals surface area contributed by atoms with Crippen LogP contribution < -0.4 is 10.6 Å². The summed E-state index contributed by atoms with van der Waals surface area (Å²) in [5, 5.41) is 16.1. The average molecular weight is 527 g/mol. The molecule has 0 saturated carbocycles. The van der Waals surface area contributed by atoms with Gasteiger partial charge in [-0.15, -0.1) is 21.5 Å². The highest BCUT2D eigenvalue weighted by Crippen LogP contribution is 2.38. The number of rotatable bonds is 5. The fourth-order valence-electron chi connectivity index (χ4n) is 4.41. The van der Waals surface area contributed by atoms with Gasteiger partial charge >= 0.3 is 0 Å². The van der Waals surface area contributed by atoms with Crippen LogP contribution in [0.15, 0.2) is 60.9 Å². The molecule has 0 radical (unpaired) electrons. The molecule has 4 aromatic heterocycles. The third-order valence-corrected chi connectivity index (χ3v) is 8.23. The zero-order chi connectivity index (χ0) is 25.2. The minimum atomic E-state index is -0.365. The van der Waals surface area contributed by atoms with E-state index in [2.05, 4.69) is 31.9 Å². The highest BCUT2D eigenvalue weighted by molar-refractivity contribution is 7.21. The highest BCUT2D eigenvalue weighted by Gasteiger charge is 2.24. The summed E-state index contributed by atoms with van der Waals surface area (Å²) in [6.07, 6.45) is 8.37. The number of carbonyl (C=O) groups excluding carboxylic acids is 2. The van der Waals surface area contributed by atoms with E-state index in [9.17, 15) is 9.59 Å². The fourth-order valence-corrected chi connectivity index (χ4v) is 6.18.